The molecule has 0 bridgehead atoms. The maximum absolute atomic E-state index is 12.3. The lowest BCUT2D eigenvalue weighted by molar-refractivity contribution is -0.113. The van der Waals surface area contributed by atoms with Gasteiger partial charge < -0.3 is 16.4 Å². The van der Waals surface area contributed by atoms with Crippen LogP contribution in [0.1, 0.15) is 27.2 Å². The molecule has 1 aliphatic carbocycles. The number of thioether (sulfide) groups is 1. The number of fused-ring (bicyclic) bond motifs is 1. The number of primary amides is 1. The Morgan fingerprint density at radius 2 is 1.96 bits per heavy atom. The summed E-state index contributed by atoms with van der Waals surface area (Å²) in [6, 6.07) is 9.69. The van der Waals surface area contributed by atoms with Crippen LogP contribution in [0.3, 0.4) is 0 Å². The number of thiophene rings is 1. The van der Waals surface area contributed by atoms with Gasteiger partial charge in [0.2, 0.25) is 11.0 Å². The summed E-state index contributed by atoms with van der Waals surface area (Å²) in [7, 11) is 0. The van der Waals surface area contributed by atoms with Crippen LogP contribution in [0.5, 0.6) is 0 Å². The molecule has 28 heavy (non-hydrogen) atoms. The van der Waals surface area contributed by atoms with E-state index >= 15 is 0 Å². The second kappa shape index (κ2) is 8.29. The number of nitrogens with one attached hydrogen (secondary N) is 2. The predicted molar refractivity (Wildman–Crippen MR) is 114 cm³/mol. The molecule has 1 aromatic carbocycles. The van der Waals surface area contributed by atoms with Crippen molar-refractivity contribution >= 4 is 62.1 Å². The van der Waals surface area contributed by atoms with E-state index in [0.717, 1.165) is 35.4 Å². The number of amides is 2. The van der Waals surface area contributed by atoms with Crippen LogP contribution in [0.4, 0.5) is 15.8 Å². The first-order valence-corrected chi connectivity index (χ1v) is 11.2. The standard InChI is InChI=1S/C18H17N5O2S3/c19-15(25)14-11-7-4-8-12(11)27-16(14)21-13(24)9-26-18-23-22-17(28-18)20-10-5-2-1-3-6-10/h1-3,5-6H,4,7-9H2,(H2,19,25)(H,20,22)(H,21,24). The second-order valence-corrected chi connectivity index (χ2v) is 9.43. The van der Waals surface area contributed by atoms with Crippen molar-refractivity contribution in [3.63, 3.8) is 0 Å². The highest BCUT2D eigenvalue weighted by Crippen LogP contribution is 2.39. The Kier molecular flexibility index (Phi) is 5.60. The van der Waals surface area contributed by atoms with Gasteiger partial charge in [0, 0.05) is 10.6 Å². The zero-order valence-corrected chi connectivity index (χ0v) is 17.2. The monoisotopic (exact) mass is 431 g/mol. The number of anilines is 3. The molecule has 0 unspecified atom stereocenters. The van der Waals surface area contributed by atoms with Crippen LogP contribution in [-0.2, 0) is 17.6 Å². The minimum atomic E-state index is -0.483. The molecular weight excluding hydrogens is 414 g/mol. The van der Waals surface area contributed by atoms with Crippen LogP contribution in [0.2, 0.25) is 0 Å². The van der Waals surface area contributed by atoms with Gasteiger partial charge >= 0.3 is 0 Å². The second-order valence-electron chi connectivity index (χ2n) is 6.13. The van der Waals surface area contributed by atoms with Gasteiger partial charge in [-0.1, -0.05) is 41.3 Å². The van der Waals surface area contributed by atoms with E-state index in [-0.39, 0.29) is 11.7 Å². The number of benzene rings is 1. The first kappa shape index (κ1) is 18.9. The molecule has 144 valence electrons. The Labute approximate surface area is 173 Å². The highest BCUT2D eigenvalue weighted by atomic mass is 32.2. The lowest BCUT2D eigenvalue weighted by Crippen LogP contribution is -2.18. The number of carbonyl (C=O) groups is 2. The van der Waals surface area contributed by atoms with E-state index in [9.17, 15) is 9.59 Å². The first-order chi connectivity index (χ1) is 13.6. The molecule has 0 radical (unpaired) electrons. The molecule has 2 aromatic heterocycles. The third-order valence-electron chi connectivity index (χ3n) is 4.18. The maximum atomic E-state index is 12.3. The molecule has 10 heteroatoms. The Bertz CT molecular complexity index is 1020. The quantitative estimate of drug-likeness (QED) is 0.493. The molecule has 7 nitrogen and oxygen atoms in total. The Morgan fingerprint density at radius 3 is 2.75 bits per heavy atom. The molecule has 0 atom stereocenters. The van der Waals surface area contributed by atoms with E-state index in [1.54, 1.807) is 0 Å². The largest absolute Gasteiger partial charge is 0.365 e. The number of hydrogen-bond donors (Lipinski definition) is 3. The molecule has 3 aromatic rings. The number of para-hydroxylation sites is 1. The molecule has 0 fully saturated rings. The Hall–Kier alpha value is -2.43. The fourth-order valence-corrected chi connectivity index (χ4v) is 5.89. The first-order valence-electron chi connectivity index (χ1n) is 8.62. The van der Waals surface area contributed by atoms with Crippen molar-refractivity contribution < 1.29 is 9.59 Å². The number of nitrogens with zero attached hydrogens (tertiary/aromatic N) is 2. The summed E-state index contributed by atoms with van der Waals surface area (Å²) in [6.45, 7) is 0. The van der Waals surface area contributed by atoms with E-state index in [2.05, 4.69) is 20.8 Å². The number of aromatic nitrogens is 2. The van der Waals surface area contributed by atoms with E-state index < -0.39 is 5.91 Å². The molecule has 0 spiro atoms. The van der Waals surface area contributed by atoms with Gasteiger partial charge in [0.1, 0.15) is 5.00 Å². The zero-order valence-electron chi connectivity index (χ0n) is 14.7. The van der Waals surface area contributed by atoms with Crippen molar-refractivity contribution in [1.82, 2.24) is 10.2 Å². The summed E-state index contributed by atoms with van der Waals surface area (Å²) in [6.07, 6.45) is 2.81. The molecule has 2 heterocycles. The van der Waals surface area contributed by atoms with Gasteiger partial charge in [0.15, 0.2) is 4.34 Å². The van der Waals surface area contributed by atoms with Crippen LogP contribution in [0.15, 0.2) is 34.7 Å². The lowest BCUT2D eigenvalue weighted by Gasteiger charge is -2.05. The van der Waals surface area contributed by atoms with Crippen LogP contribution < -0.4 is 16.4 Å². The zero-order chi connectivity index (χ0) is 19.5. The summed E-state index contributed by atoms with van der Waals surface area (Å²) in [4.78, 5) is 25.3. The topological polar surface area (TPSA) is 110 Å². The van der Waals surface area contributed by atoms with Gasteiger partial charge in [-0.3, -0.25) is 9.59 Å². The summed E-state index contributed by atoms with van der Waals surface area (Å²) in [5.74, 6) is -0.496. The SMILES string of the molecule is NC(=O)c1c(NC(=O)CSc2nnc(Nc3ccccc3)s2)sc2c1CCC2. The number of rotatable bonds is 7. The minimum absolute atomic E-state index is 0.181. The van der Waals surface area contributed by atoms with Crippen LogP contribution in [0, 0.1) is 0 Å². The van der Waals surface area contributed by atoms with Crippen molar-refractivity contribution in [2.45, 2.75) is 23.6 Å². The average Bonchev–Trinajstić information content (AvgIpc) is 3.36. The average molecular weight is 432 g/mol. The molecule has 2 amide bonds. The normalized spacial score (nSPS) is 12.6. The van der Waals surface area contributed by atoms with Gasteiger partial charge in [-0.05, 0) is 37.0 Å². The predicted octanol–water partition coefficient (Wildman–Crippen LogP) is 3.66. The van der Waals surface area contributed by atoms with Gasteiger partial charge in [-0.25, -0.2) is 0 Å². The lowest BCUT2D eigenvalue weighted by atomic mass is 10.1. The van der Waals surface area contributed by atoms with Gasteiger partial charge in [0.25, 0.3) is 5.91 Å². The summed E-state index contributed by atoms with van der Waals surface area (Å²) >= 11 is 4.14. The minimum Gasteiger partial charge on any atom is -0.365 e. The van der Waals surface area contributed by atoms with Crippen molar-refractivity contribution in [2.24, 2.45) is 5.73 Å². The summed E-state index contributed by atoms with van der Waals surface area (Å²) < 4.78 is 0.692. The van der Waals surface area contributed by atoms with Crippen molar-refractivity contribution in [3.8, 4) is 0 Å². The summed E-state index contributed by atoms with van der Waals surface area (Å²) in [5, 5.41) is 15.4. The van der Waals surface area contributed by atoms with Gasteiger partial charge in [-0.2, -0.15) is 0 Å². The van der Waals surface area contributed by atoms with E-state index in [1.807, 2.05) is 30.3 Å². The van der Waals surface area contributed by atoms with Crippen LogP contribution in [0.25, 0.3) is 0 Å². The number of carbonyl (C=O) groups excluding carboxylic acids is 2. The highest BCUT2D eigenvalue weighted by molar-refractivity contribution is 8.01. The molecule has 0 saturated heterocycles. The number of nitrogens with two attached hydrogens (primary N) is 1. The van der Waals surface area contributed by atoms with E-state index in [4.69, 9.17) is 5.73 Å². The molecular formula is C18H17N5O2S3. The van der Waals surface area contributed by atoms with Crippen LogP contribution in [-0.4, -0.2) is 27.8 Å². The third kappa shape index (κ3) is 4.18. The molecule has 4 rings (SSSR count). The Balaban J connectivity index is 1.35. The molecule has 1 aliphatic rings. The number of hydrogen-bond acceptors (Lipinski definition) is 8. The number of aryl methyl sites for hydroxylation is 1. The van der Waals surface area contributed by atoms with E-state index in [1.165, 1.54) is 34.4 Å². The molecule has 4 N–H and O–H groups in total. The van der Waals surface area contributed by atoms with Crippen molar-refractivity contribution in [2.75, 3.05) is 16.4 Å². The smallest absolute Gasteiger partial charge is 0.251 e. The maximum Gasteiger partial charge on any atom is 0.251 e. The van der Waals surface area contributed by atoms with Crippen molar-refractivity contribution in [3.05, 3.63) is 46.3 Å². The van der Waals surface area contributed by atoms with E-state index in [0.29, 0.717) is 20.0 Å². The Morgan fingerprint density at radius 1 is 1.14 bits per heavy atom. The summed E-state index contributed by atoms with van der Waals surface area (Å²) in [5.41, 5.74) is 7.93. The van der Waals surface area contributed by atoms with Gasteiger partial charge in [-0.15, -0.1) is 21.5 Å². The van der Waals surface area contributed by atoms with Crippen LogP contribution >= 0.6 is 34.4 Å². The van der Waals surface area contributed by atoms with Gasteiger partial charge in [0.05, 0.1) is 11.3 Å². The van der Waals surface area contributed by atoms with Crippen molar-refractivity contribution in [1.29, 1.82) is 0 Å². The fraction of sp³-hybridized carbons (Fsp3) is 0.222. The molecule has 0 aliphatic heterocycles. The molecule has 0 saturated carbocycles. The fourth-order valence-electron chi connectivity index (χ4n) is 3.01. The highest BCUT2D eigenvalue weighted by Gasteiger charge is 2.26. The third-order valence-corrected chi connectivity index (χ3v) is 7.36.